The van der Waals surface area contributed by atoms with E-state index in [-0.39, 0.29) is 41.3 Å². The lowest BCUT2D eigenvalue weighted by Crippen LogP contribution is -2.45. The molecule has 144 valence electrons. The van der Waals surface area contributed by atoms with Crippen molar-refractivity contribution in [2.45, 2.75) is 33.4 Å². The van der Waals surface area contributed by atoms with Gasteiger partial charge < -0.3 is 20.3 Å². The van der Waals surface area contributed by atoms with E-state index in [9.17, 15) is 4.39 Å². The van der Waals surface area contributed by atoms with E-state index in [1.54, 1.807) is 31.2 Å². The zero-order valence-corrected chi connectivity index (χ0v) is 18.6. The topological polar surface area (TPSA) is 48.9 Å². The van der Waals surface area contributed by atoms with Crippen molar-refractivity contribution in [3.63, 3.8) is 0 Å². The summed E-state index contributed by atoms with van der Waals surface area (Å²) in [6, 6.07) is 5.23. The molecule has 0 saturated carbocycles. The molecule has 0 amide bonds. The third-order valence-corrected chi connectivity index (χ3v) is 3.88. The van der Waals surface area contributed by atoms with Crippen LogP contribution in [-0.2, 0) is 11.3 Å². The summed E-state index contributed by atoms with van der Waals surface area (Å²) in [6.45, 7) is 7.54. The van der Waals surface area contributed by atoms with E-state index in [2.05, 4.69) is 36.4 Å². The Kier molecular flexibility index (Phi) is 10.3. The van der Waals surface area contributed by atoms with Crippen molar-refractivity contribution in [3.05, 3.63) is 29.6 Å². The second-order valence-electron chi connectivity index (χ2n) is 7.08. The molecule has 1 rings (SSSR count). The van der Waals surface area contributed by atoms with E-state index in [1.807, 2.05) is 20.2 Å². The Morgan fingerprint density at radius 2 is 1.92 bits per heavy atom. The van der Waals surface area contributed by atoms with E-state index in [1.165, 1.54) is 0 Å². The largest absolute Gasteiger partial charge is 0.379 e. The lowest BCUT2D eigenvalue weighted by molar-refractivity contribution is 0.0205. The van der Waals surface area contributed by atoms with Crippen molar-refractivity contribution in [3.8, 4) is 0 Å². The molecule has 1 aromatic rings. The summed E-state index contributed by atoms with van der Waals surface area (Å²) in [5.74, 6) is 0.438. The van der Waals surface area contributed by atoms with Gasteiger partial charge in [0.25, 0.3) is 0 Å². The summed E-state index contributed by atoms with van der Waals surface area (Å²) in [5.41, 5.74) is 1.47. The molecule has 0 spiro atoms. The number of nitrogens with zero attached hydrogens (tertiary/aromatic N) is 2. The van der Waals surface area contributed by atoms with Gasteiger partial charge in [0.05, 0.1) is 11.8 Å². The predicted octanol–water partition coefficient (Wildman–Crippen LogP) is 3.24. The molecular weight excluding hydrogens is 434 g/mol. The van der Waals surface area contributed by atoms with Crippen molar-refractivity contribution < 1.29 is 9.13 Å². The maximum atomic E-state index is 14.0. The number of rotatable bonds is 6. The number of aliphatic imine (C=N–C) groups is 1. The molecule has 5 nitrogen and oxygen atoms in total. The summed E-state index contributed by atoms with van der Waals surface area (Å²) in [5, 5.41) is 6.45. The van der Waals surface area contributed by atoms with Crippen LogP contribution in [0.3, 0.4) is 0 Å². The highest BCUT2D eigenvalue weighted by atomic mass is 127. The highest BCUT2D eigenvalue weighted by Crippen LogP contribution is 2.21. The van der Waals surface area contributed by atoms with Gasteiger partial charge in [0.1, 0.15) is 5.82 Å². The van der Waals surface area contributed by atoms with E-state index in [4.69, 9.17) is 4.74 Å². The number of hydrogen-bond donors (Lipinski definition) is 2. The minimum Gasteiger partial charge on any atom is -0.379 e. The van der Waals surface area contributed by atoms with Crippen LogP contribution in [0.15, 0.2) is 23.2 Å². The minimum absolute atomic E-state index is 0. The number of ether oxygens (including phenoxy) is 1. The number of benzene rings is 1. The Morgan fingerprint density at radius 3 is 2.36 bits per heavy atom. The van der Waals surface area contributed by atoms with Crippen LogP contribution in [0, 0.1) is 11.2 Å². The molecule has 1 unspecified atom stereocenters. The number of methoxy groups -OCH3 is 1. The lowest BCUT2D eigenvalue weighted by Gasteiger charge is -2.30. The number of anilines is 1. The van der Waals surface area contributed by atoms with Gasteiger partial charge in [-0.25, -0.2) is 4.39 Å². The van der Waals surface area contributed by atoms with Crippen LogP contribution in [0.5, 0.6) is 0 Å². The van der Waals surface area contributed by atoms with Crippen molar-refractivity contribution in [2.24, 2.45) is 10.4 Å². The van der Waals surface area contributed by atoms with E-state index in [0.29, 0.717) is 24.7 Å². The molecular formula is C18H32FIN4O. The molecule has 0 fully saturated rings. The normalized spacial score (nSPS) is 13.0. The second-order valence-corrected chi connectivity index (χ2v) is 7.08. The smallest absolute Gasteiger partial charge is 0.191 e. The van der Waals surface area contributed by atoms with E-state index >= 15 is 0 Å². The highest BCUT2D eigenvalue weighted by Gasteiger charge is 2.24. The van der Waals surface area contributed by atoms with Crippen LogP contribution in [0.2, 0.25) is 0 Å². The monoisotopic (exact) mass is 466 g/mol. The fourth-order valence-corrected chi connectivity index (χ4v) is 2.36. The van der Waals surface area contributed by atoms with Crippen molar-refractivity contribution >= 4 is 35.6 Å². The fourth-order valence-electron chi connectivity index (χ4n) is 2.36. The van der Waals surface area contributed by atoms with Crippen LogP contribution in [-0.4, -0.2) is 46.9 Å². The zero-order chi connectivity index (χ0) is 18.3. The third-order valence-electron chi connectivity index (χ3n) is 3.88. The molecule has 0 bridgehead atoms. The van der Waals surface area contributed by atoms with Gasteiger partial charge in [-0.05, 0) is 23.1 Å². The molecule has 7 heteroatoms. The lowest BCUT2D eigenvalue weighted by atomic mass is 9.89. The van der Waals surface area contributed by atoms with Gasteiger partial charge in [0.2, 0.25) is 0 Å². The van der Waals surface area contributed by atoms with Crippen LogP contribution in [0.25, 0.3) is 0 Å². The maximum Gasteiger partial charge on any atom is 0.191 e. The van der Waals surface area contributed by atoms with E-state index in [0.717, 1.165) is 5.56 Å². The first-order valence-corrected chi connectivity index (χ1v) is 8.12. The predicted molar refractivity (Wildman–Crippen MR) is 115 cm³/mol. The first-order chi connectivity index (χ1) is 11.2. The quantitative estimate of drug-likeness (QED) is 0.384. The molecule has 2 N–H and O–H groups in total. The Balaban J connectivity index is 0.00000576. The van der Waals surface area contributed by atoms with Crippen molar-refractivity contribution in [2.75, 3.05) is 39.7 Å². The molecule has 0 aliphatic rings. The molecule has 0 aliphatic heterocycles. The molecule has 1 atom stereocenters. The van der Waals surface area contributed by atoms with Crippen LogP contribution in [0.4, 0.5) is 10.1 Å². The number of guanidine groups is 1. The minimum atomic E-state index is -0.227. The fraction of sp³-hybridized carbons (Fsp3) is 0.611. The number of nitrogens with one attached hydrogen (secondary N) is 2. The average Bonchev–Trinajstić information content (AvgIpc) is 2.49. The number of hydrogen-bond acceptors (Lipinski definition) is 3. The maximum absolute atomic E-state index is 14.0. The van der Waals surface area contributed by atoms with Crippen LogP contribution in [0.1, 0.15) is 26.3 Å². The molecule has 1 aromatic carbocycles. The SMILES string of the molecule is CN=C(NCc1ccc(N(C)C)c(F)c1)NCC(OC)C(C)(C)C.I. The van der Waals surface area contributed by atoms with Gasteiger partial charge in [-0.2, -0.15) is 0 Å². The molecule has 0 heterocycles. The summed E-state index contributed by atoms with van der Waals surface area (Å²) >= 11 is 0. The number of halogens is 2. The summed E-state index contributed by atoms with van der Waals surface area (Å²) < 4.78 is 19.5. The van der Waals surface area contributed by atoms with Crippen molar-refractivity contribution in [1.82, 2.24) is 10.6 Å². The second kappa shape index (κ2) is 10.8. The Bertz CT molecular complexity index is 558. The molecule has 0 saturated heterocycles. The summed E-state index contributed by atoms with van der Waals surface area (Å²) in [7, 11) is 7.07. The Morgan fingerprint density at radius 1 is 1.28 bits per heavy atom. The van der Waals surface area contributed by atoms with Crippen molar-refractivity contribution in [1.29, 1.82) is 0 Å². The highest BCUT2D eigenvalue weighted by molar-refractivity contribution is 14.0. The van der Waals surface area contributed by atoms with Gasteiger partial charge in [0.15, 0.2) is 5.96 Å². The average molecular weight is 466 g/mol. The van der Waals surface area contributed by atoms with Crippen LogP contribution < -0.4 is 15.5 Å². The zero-order valence-electron chi connectivity index (χ0n) is 16.3. The van der Waals surface area contributed by atoms with Gasteiger partial charge in [-0.3, -0.25) is 4.99 Å². The molecule has 25 heavy (non-hydrogen) atoms. The summed E-state index contributed by atoms with van der Waals surface area (Å²) in [6.07, 6.45) is 0.0628. The van der Waals surface area contributed by atoms with Gasteiger partial charge in [0, 0.05) is 41.3 Å². The molecule has 0 radical (unpaired) electrons. The van der Waals surface area contributed by atoms with E-state index < -0.39 is 0 Å². The first-order valence-electron chi connectivity index (χ1n) is 8.12. The van der Waals surface area contributed by atoms with Gasteiger partial charge in [-0.1, -0.05) is 26.8 Å². The van der Waals surface area contributed by atoms with Gasteiger partial charge in [-0.15, -0.1) is 24.0 Å². The summed E-state index contributed by atoms with van der Waals surface area (Å²) in [4.78, 5) is 5.95. The van der Waals surface area contributed by atoms with Gasteiger partial charge >= 0.3 is 0 Å². The Hall–Kier alpha value is -1.09. The standard InChI is InChI=1S/C18H31FN4O.HI/c1-18(2,3)16(24-7)12-22-17(20-4)21-11-13-8-9-15(23(5)6)14(19)10-13;/h8-10,16H,11-12H2,1-7H3,(H2,20,21,22);1H. The Labute approximate surface area is 168 Å². The first kappa shape index (κ1) is 23.9. The molecule has 0 aromatic heterocycles. The van der Waals surface area contributed by atoms with Crippen LogP contribution >= 0.6 is 24.0 Å². The third kappa shape index (κ3) is 7.77. The molecule has 0 aliphatic carbocycles.